The van der Waals surface area contributed by atoms with Gasteiger partial charge in [-0.1, -0.05) is 6.42 Å². The minimum absolute atomic E-state index is 0.279. The largest absolute Gasteiger partial charge is 0.353 e. The van der Waals surface area contributed by atoms with Gasteiger partial charge < -0.3 is 15.5 Å². The number of fused-ring (bicyclic) bond motifs is 2. The Hall–Kier alpha value is -0.610. The molecular weight excluding hydrogens is 238 g/mol. The molecule has 108 valence electrons. The summed E-state index contributed by atoms with van der Waals surface area (Å²) in [6.45, 7) is 2.10. The fourth-order valence-corrected chi connectivity index (χ4v) is 4.17. The third kappa shape index (κ3) is 3.11. The van der Waals surface area contributed by atoms with Crippen molar-refractivity contribution in [2.75, 3.05) is 20.1 Å². The third-order valence-corrected chi connectivity index (χ3v) is 5.34. The van der Waals surface area contributed by atoms with Crippen LogP contribution in [0.25, 0.3) is 0 Å². The zero-order valence-electron chi connectivity index (χ0n) is 12.0. The lowest BCUT2D eigenvalue weighted by atomic mass is 9.82. The molecule has 2 N–H and O–H groups in total. The number of hydrogen-bond acceptors (Lipinski definition) is 3. The van der Waals surface area contributed by atoms with E-state index in [1.165, 1.54) is 19.3 Å². The SMILES string of the molecule is CN1C2CCCC1CC(NC(=O)CC1CCNC1)C2. The van der Waals surface area contributed by atoms with Crippen molar-refractivity contribution >= 4 is 5.91 Å². The monoisotopic (exact) mass is 265 g/mol. The molecule has 3 saturated heterocycles. The van der Waals surface area contributed by atoms with Crippen LogP contribution in [0.4, 0.5) is 0 Å². The van der Waals surface area contributed by atoms with Crippen LogP contribution < -0.4 is 10.6 Å². The lowest BCUT2D eigenvalue weighted by molar-refractivity contribution is -0.123. The smallest absolute Gasteiger partial charge is 0.220 e. The molecule has 4 nitrogen and oxygen atoms in total. The summed E-state index contributed by atoms with van der Waals surface area (Å²) in [6, 6.07) is 1.82. The summed E-state index contributed by atoms with van der Waals surface area (Å²) < 4.78 is 0. The molecule has 1 amide bonds. The first-order valence-electron chi connectivity index (χ1n) is 7.94. The van der Waals surface area contributed by atoms with E-state index in [4.69, 9.17) is 0 Å². The van der Waals surface area contributed by atoms with Crippen LogP contribution in [0.1, 0.15) is 44.9 Å². The second kappa shape index (κ2) is 5.80. The van der Waals surface area contributed by atoms with Crippen molar-refractivity contribution < 1.29 is 4.79 Å². The van der Waals surface area contributed by atoms with Crippen molar-refractivity contribution in [3.63, 3.8) is 0 Å². The van der Waals surface area contributed by atoms with E-state index in [0.717, 1.165) is 32.4 Å². The Balaban J connectivity index is 1.48. The third-order valence-electron chi connectivity index (χ3n) is 5.34. The van der Waals surface area contributed by atoms with Crippen molar-refractivity contribution in [1.82, 2.24) is 15.5 Å². The van der Waals surface area contributed by atoms with Crippen LogP contribution in [-0.4, -0.2) is 49.1 Å². The van der Waals surface area contributed by atoms with Crippen molar-refractivity contribution in [2.24, 2.45) is 5.92 Å². The predicted molar refractivity (Wildman–Crippen MR) is 75.9 cm³/mol. The average Bonchev–Trinajstić information content (AvgIpc) is 2.83. The lowest BCUT2D eigenvalue weighted by Gasteiger charge is -2.47. The fraction of sp³-hybridized carbons (Fsp3) is 0.933. The topological polar surface area (TPSA) is 44.4 Å². The van der Waals surface area contributed by atoms with Gasteiger partial charge in [0.15, 0.2) is 0 Å². The summed E-state index contributed by atoms with van der Waals surface area (Å²) in [5.74, 6) is 0.840. The van der Waals surface area contributed by atoms with E-state index < -0.39 is 0 Å². The van der Waals surface area contributed by atoms with Crippen LogP contribution in [0.5, 0.6) is 0 Å². The van der Waals surface area contributed by atoms with E-state index in [2.05, 4.69) is 22.6 Å². The summed E-state index contributed by atoms with van der Waals surface area (Å²) in [7, 11) is 2.26. The Morgan fingerprint density at radius 2 is 2.00 bits per heavy atom. The molecule has 0 saturated carbocycles. The van der Waals surface area contributed by atoms with Gasteiger partial charge in [0.05, 0.1) is 0 Å². The Morgan fingerprint density at radius 3 is 2.63 bits per heavy atom. The highest BCUT2D eigenvalue weighted by Gasteiger charge is 2.36. The number of nitrogens with one attached hydrogen (secondary N) is 2. The minimum atomic E-state index is 0.279. The second-order valence-electron chi connectivity index (χ2n) is 6.70. The quantitative estimate of drug-likeness (QED) is 0.804. The number of rotatable bonds is 3. The molecule has 0 spiro atoms. The summed E-state index contributed by atoms with van der Waals surface area (Å²) in [6.07, 6.45) is 8.18. The van der Waals surface area contributed by atoms with Crippen LogP contribution in [-0.2, 0) is 4.79 Å². The normalized spacial score (nSPS) is 39.2. The fourth-order valence-electron chi connectivity index (χ4n) is 4.17. The zero-order valence-corrected chi connectivity index (χ0v) is 12.0. The number of amides is 1. The van der Waals surface area contributed by atoms with E-state index in [1.54, 1.807) is 0 Å². The standard InChI is InChI=1S/C15H27N3O/c1-18-13-3-2-4-14(18)9-12(8-13)17-15(19)7-11-5-6-16-10-11/h11-14,16H,2-10H2,1H3,(H,17,19). The Bertz CT molecular complexity index is 313. The summed E-state index contributed by atoms with van der Waals surface area (Å²) in [5, 5.41) is 6.63. The van der Waals surface area contributed by atoms with Crippen molar-refractivity contribution in [3.8, 4) is 0 Å². The molecule has 3 heterocycles. The van der Waals surface area contributed by atoms with E-state index in [9.17, 15) is 4.79 Å². The zero-order chi connectivity index (χ0) is 13.2. The molecule has 0 aromatic rings. The highest BCUT2D eigenvalue weighted by molar-refractivity contribution is 5.76. The van der Waals surface area contributed by atoms with E-state index in [-0.39, 0.29) is 5.91 Å². The first kappa shape index (κ1) is 13.4. The molecule has 0 aliphatic carbocycles. The van der Waals surface area contributed by atoms with Crippen LogP contribution >= 0.6 is 0 Å². The minimum Gasteiger partial charge on any atom is -0.353 e. The lowest BCUT2D eigenvalue weighted by Crippen LogP contribution is -2.55. The van der Waals surface area contributed by atoms with Crippen molar-refractivity contribution in [1.29, 1.82) is 0 Å². The highest BCUT2D eigenvalue weighted by atomic mass is 16.1. The van der Waals surface area contributed by atoms with E-state index in [1.807, 2.05) is 0 Å². The number of hydrogen-bond donors (Lipinski definition) is 2. The molecule has 0 aromatic carbocycles. The molecule has 0 radical (unpaired) electrons. The molecule has 4 heteroatoms. The van der Waals surface area contributed by atoms with Gasteiger partial charge in [0.25, 0.3) is 0 Å². The molecule has 3 aliphatic rings. The first-order chi connectivity index (χ1) is 9.22. The maximum Gasteiger partial charge on any atom is 0.220 e. The molecule has 3 fully saturated rings. The van der Waals surface area contributed by atoms with E-state index >= 15 is 0 Å². The number of carbonyl (C=O) groups is 1. The van der Waals surface area contributed by atoms with Crippen LogP contribution in [0.3, 0.4) is 0 Å². The number of carbonyl (C=O) groups excluding carboxylic acids is 1. The Labute approximate surface area is 116 Å². The molecule has 3 atom stereocenters. The molecule has 3 unspecified atom stereocenters. The summed E-state index contributed by atoms with van der Waals surface area (Å²) in [4.78, 5) is 14.7. The van der Waals surface area contributed by atoms with Crippen LogP contribution in [0, 0.1) is 5.92 Å². The van der Waals surface area contributed by atoms with Gasteiger partial charge in [-0.15, -0.1) is 0 Å². The highest BCUT2D eigenvalue weighted by Crippen LogP contribution is 2.32. The summed E-state index contributed by atoms with van der Waals surface area (Å²) in [5.41, 5.74) is 0. The maximum absolute atomic E-state index is 12.1. The molecule has 0 aromatic heterocycles. The summed E-state index contributed by atoms with van der Waals surface area (Å²) >= 11 is 0. The predicted octanol–water partition coefficient (Wildman–Crippen LogP) is 1.12. The number of piperidine rings is 2. The molecule has 2 bridgehead atoms. The van der Waals surface area contributed by atoms with Gasteiger partial charge in [-0.25, -0.2) is 0 Å². The molecule has 3 rings (SSSR count). The van der Waals surface area contributed by atoms with Crippen molar-refractivity contribution in [3.05, 3.63) is 0 Å². The average molecular weight is 265 g/mol. The Kier molecular flexibility index (Phi) is 4.08. The van der Waals surface area contributed by atoms with E-state index in [0.29, 0.717) is 30.5 Å². The van der Waals surface area contributed by atoms with Gasteiger partial charge in [-0.2, -0.15) is 0 Å². The first-order valence-corrected chi connectivity index (χ1v) is 7.94. The van der Waals surface area contributed by atoms with Gasteiger partial charge in [-0.3, -0.25) is 4.79 Å². The molecule has 3 aliphatic heterocycles. The van der Waals surface area contributed by atoms with Gasteiger partial charge in [0, 0.05) is 24.5 Å². The van der Waals surface area contributed by atoms with Gasteiger partial charge in [0.2, 0.25) is 5.91 Å². The number of nitrogens with zero attached hydrogens (tertiary/aromatic N) is 1. The van der Waals surface area contributed by atoms with Crippen LogP contribution in [0.15, 0.2) is 0 Å². The molecular formula is C15H27N3O. The van der Waals surface area contributed by atoms with Crippen molar-refractivity contribution in [2.45, 2.75) is 63.1 Å². The van der Waals surface area contributed by atoms with Gasteiger partial charge in [0.1, 0.15) is 0 Å². The maximum atomic E-state index is 12.1. The van der Waals surface area contributed by atoms with Gasteiger partial charge in [-0.05, 0) is 58.2 Å². The van der Waals surface area contributed by atoms with Crippen LogP contribution in [0.2, 0.25) is 0 Å². The van der Waals surface area contributed by atoms with Gasteiger partial charge >= 0.3 is 0 Å². The second-order valence-corrected chi connectivity index (χ2v) is 6.70. The Morgan fingerprint density at radius 1 is 1.26 bits per heavy atom. The molecule has 19 heavy (non-hydrogen) atoms.